The summed E-state index contributed by atoms with van der Waals surface area (Å²) in [6.07, 6.45) is 0.565. The van der Waals surface area contributed by atoms with Gasteiger partial charge in [0.1, 0.15) is 6.61 Å². The quantitative estimate of drug-likeness (QED) is 0.589. The highest BCUT2D eigenvalue weighted by atomic mass is 16.5. The minimum atomic E-state index is -0.253. The fourth-order valence-corrected chi connectivity index (χ4v) is 1.36. The molecule has 84 valence electrons. The van der Waals surface area contributed by atoms with Crippen molar-refractivity contribution in [3.63, 3.8) is 0 Å². The van der Waals surface area contributed by atoms with Crippen molar-refractivity contribution in [1.29, 1.82) is 0 Å². The molecule has 15 heavy (non-hydrogen) atoms. The van der Waals surface area contributed by atoms with Crippen LogP contribution >= 0.6 is 0 Å². The lowest BCUT2D eigenvalue weighted by atomic mass is 10.4. The summed E-state index contributed by atoms with van der Waals surface area (Å²) in [5, 5.41) is 2.54. The minimum Gasteiger partial charge on any atom is -0.375 e. The van der Waals surface area contributed by atoms with Crippen molar-refractivity contribution in [2.45, 2.75) is 12.8 Å². The summed E-state index contributed by atoms with van der Waals surface area (Å²) in [4.78, 5) is 34.4. The molecule has 0 unspecified atom stereocenters. The van der Waals surface area contributed by atoms with Crippen molar-refractivity contribution in [1.82, 2.24) is 10.2 Å². The summed E-state index contributed by atoms with van der Waals surface area (Å²) in [5.41, 5.74) is 0. The summed E-state index contributed by atoms with van der Waals surface area (Å²) >= 11 is 0. The van der Waals surface area contributed by atoms with Crippen LogP contribution in [0.25, 0.3) is 0 Å². The molecule has 1 fully saturated rings. The largest absolute Gasteiger partial charge is 0.375 e. The number of hydrogen-bond acceptors (Lipinski definition) is 4. The van der Waals surface area contributed by atoms with Crippen molar-refractivity contribution in [3.05, 3.63) is 0 Å². The summed E-state index contributed by atoms with van der Waals surface area (Å²) in [7, 11) is 1.42. The predicted octanol–water partition coefficient (Wildman–Crippen LogP) is -1.10. The lowest BCUT2D eigenvalue weighted by Crippen LogP contribution is -2.38. The highest BCUT2D eigenvalue weighted by Gasteiger charge is 2.28. The van der Waals surface area contributed by atoms with Gasteiger partial charge in [0.15, 0.2) is 0 Å². The molecule has 0 atom stereocenters. The third kappa shape index (κ3) is 3.32. The second kappa shape index (κ2) is 5.45. The molecular weight excluding hydrogens is 200 g/mol. The van der Waals surface area contributed by atoms with Crippen molar-refractivity contribution < 1.29 is 19.1 Å². The third-order valence-electron chi connectivity index (χ3n) is 2.09. The molecule has 0 aromatic rings. The normalized spacial score (nSPS) is 15.9. The number of likely N-dealkylation sites (tertiary alicyclic amines) is 1. The SMILES string of the molecule is COCC(=O)NCCN1C(=O)CCC1=O. The Labute approximate surface area is 87.6 Å². The molecule has 1 N–H and O–H groups in total. The van der Waals surface area contributed by atoms with Gasteiger partial charge in [0.2, 0.25) is 17.7 Å². The van der Waals surface area contributed by atoms with Crippen LogP contribution in [-0.4, -0.2) is 49.4 Å². The van der Waals surface area contributed by atoms with Crippen LogP contribution in [0.3, 0.4) is 0 Å². The fraction of sp³-hybridized carbons (Fsp3) is 0.667. The average Bonchev–Trinajstić information content (AvgIpc) is 2.49. The zero-order valence-electron chi connectivity index (χ0n) is 8.62. The van der Waals surface area contributed by atoms with Crippen LogP contribution in [0.5, 0.6) is 0 Å². The van der Waals surface area contributed by atoms with E-state index >= 15 is 0 Å². The van der Waals surface area contributed by atoms with Gasteiger partial charge in [0.25, 0.3) is 0 Å². The molecule has 6 heteroatoms. The number of carbonyl (C=O) groups excluding carboxylic acids is 3. The van der Waals surface area contributed by atoms with Gasteiger partial charge in [0.05, 0.1) is 0 Å². The number of hydrogen-bond donors (Lipinski definition) is 1. The van der Waals surface area contributed by atoms with Crippen molar-refractivity contribution in [2.24, 2.45) is 0 Å². The Morgan fingerprint density at radius 2 is 2.00 bits per heavy atom. The van der Waals surface area contributed by atoms with E-state index in [0.717, 1.165) is 0 Å². The van der Waals surface area contributed by atoms with E-state index in [0.29, 0.717) is 0 Å². The molecule has 0 bridgehead atoms. The Balaban J connectivity index is 2.22. The maximum atomic E-state index is 11.2. The number of methoxy groups -OCH3 is 1. The number of nitrogens with one attached hydrogen (secondary N) is 1. The first-order valence-corrected chi connectivity index (χ1v) is 4.74. The van der Waals surface area contributed by atoms with E-state index < -0.39 is 0 Å². The number of amides is 3. The Morgan fingerprint density at radius 3 is 2.53 bits per heavy atom. The number of ether oxygens (including phenoxy) is 1. The van der Waals surface area contributed by atoms with E-state index in [1.165, 1.54) is 12.0 Å². The van der Waals surface area contributed by atoms with E-state index in [1.54, 1.807) is 0 Å². The van der Waals surface area contributed by atoms with Gasteiger partial charge in [-0.1, -0.05) is 0 Å². The van der Waals surface area contributed by atoms with Crippen LogP contribution in [0.4, 0.5) is 0 Å². The van der Waals surface area contributed by atoms with Crippen LogP contribution in [0.1, 0.15) is 12.8 Å². The van der Waals surface area contributed by atoms with Crippen molar-refractivity contribution in [3.8, 4) is 0 Å². The first-order valence-electron chi connectivity index (χ1n) is 4.74. The van der Waals surface area contributed by atoms with Crippen LogP contribution in [-0.2, 0) is 19.1 Å². The molecule has 1 saturated heterocycles. The Morgan fingerprint density at radius 1 is 1.40 bits per heavy atom. The average molecular weight is 214 g/mol. The Kier molecular flexibility index (Phi) is 4.23. The number of imide groups is 1. The monoisotopic (exact) mass is 214 g/mol. The molecule has 0 radical (unpaired) electrons. The van der Waals surface area contributed by atoms with Crippen LogP contribution < -0.4 is 5.32 Å². The second-order valence-corrected chi connectivity index (χ2v) is 3.22. The van der Waals surface area contributed by atoms with Crippen molar-refractivity contribution in [2.75, 3.05) is 26.8 Å². The van der Waals surface area contributed by atoms with E-state index in [9.17, 15) is 14.4 Å². The molecule has 1 aliphatic heterocycles. The Bertz CT molecular complexity index is 261. The van der Waals surface area contributed by atoms with Gasteiger partial charge in [-0.05, 0) is 0 Å². The van der Waals surface area contributed by atoms with Crippen LogP contribution in [0.15, 0.2) is 0 Å². The first kappa shape index (κ1) is 11.6. The zero-order valence-corrected chi connectivity index (χ0v) is 8.62. The van der Waals surface area contributed by atoms with Crippen LogP contribution in [0.2, 0.25) is 0 Å². The van der Waals surface area contributed by atoms with Gasteiger partial charge < -0.3 is 10.1 Å². The highest BCUT2D eigenvalue weighted by molar-refractivity contribution is 6.01. The summed E-state index contributed by atoms with van der Waals surface area (Å²) in [6, 6.07) is 0. The molecule has 3 amide bonds. The molecule has 0 aromatic carbocycles. The van der Waals surface area contributed by atoms with E-state index in [4.69, 9.17) is 0 Å². The molecule has 0 saturated carbocycles. The van der Waals surface area contributed by atoms with Gasteiger partial charge in [-0.15, -0.1) is 0 Å². The molecule has 1 rings (SSSR count). The molecule has 1 heterocycles. The van der Waals surface area contributed by atoms with Gasteiger partial charge >= 0.3 is 0 Å². The fourth-order valence-electron chi connectivity index (χ4n) is 1.36. The number of rotatable bonds is 5. The highest BCUT2D eigenvalue weighted by Crippen LogP contribution is 2.10. The maximum Gasteiger partial charge on any atom is 0.246 e. The summed E-state index contributed by atoms with van der Waals surface area (Å²) in [5.74, 6) is -0.585. The maximum absolute atomic E-state index is 11.2. The van der Waals surface area contributed by atoms with Gasteiger partial charge in [-0.25, -0.2) is 0 Å². The van der Waals surface area contributed by atoms with Gasteiger partial charge in [0, 0.05) is 33.0 Å². The molecular formula is C9H14N2O4. The first-order chi connectivity index (χ1) is 7.15. The molecule has 0 spiro atoms. The molecule has 1 aliphatic rings. The van der Waals surface area contributed by atoms with Gasteiger partial charge in [-0.3, -0.25) is 19.3 Å². The molecule has 6 nitrogen and oxygen atoms in total. The molecule has 0 aromatic heterocycles. The Hall–Kier alpha value is -1.43. The van der Waals surface area contributed by atoms with E-state index in [-0.39, 0.29) is 50.3 Å². The summed E-state index contributed by atoms with van der Waals surface area (Å²) < 4.78 is 4.61. The summed E-state index contributed by atoms with van der Waals surface area (Å²) in [6.45, 7) is 0.509. The standard InChI is InChI=1S/C9H14N2O4/c1-15-6-7(12)10-4-5-11-8(13)2-3-9(11)14/h2-6H2,1H3,(H,10,12). The zero-order chi connectivity index (χ0) is 11.3. The lowest BCUT2D eigenvalue weighted by Gasteiger charge is -2.13. The van der Waals surface area contributed by atoms with Crippen molar-refractivity contribution >= 4 is 17.7 Å². The molecule has 0 aliphatic carbocycles. The number of nitrogens with zero attached hydrogens (tertiary/aromatic N) is 1. The minimum absolute atomic E-state index is 0.0120. The second-order valence-electron chi connectivity index (χ2n) is 3.22. The predicted molar refractivity (Wildman–Crippen MR) is 50.8 cm³/mol. The van der Waals surface area contributed by atoms with E-state index in [2.05, 4.69) is 10.1 Å². The van der Waals surface area contributed by atoms with Crippen LogP contribution in [0, 0.1) is 0 Å². The topological polar surface area (TPSA) is 75.7 Å². The third-order valence-corrected chi connectivity index (χ3v) is 2.09. The van der Waals surface area contributed by atoms with Gasteiger partial charge in [-0.2, -0.15) is 0 Å². The smallest absolute Gasteiger partial charge is 0.246 e. The lowest BCUT2D eigenvalue weighted by molar-refractivity contribution is -0.138. The van der Waals surface area contributed by atoms with E-state index in [1.807, 2.05) is 0 Å². The number of carbonyl (C=O) groups is 3.